The van der Waals surface area contributed by atoms with Crippen molar-refractivity contribution >= 4 is 34.8 Å². The maximum atomic E-state index is 13.0. The zero-order valence-corrected chi connectivity index (χ0v) is 11.4. The summed E-state index contributed by atoms with van der Waals surface area (Å²) in [5.41, 5.74) is 0.563. The minimum atomic E-state index is -0.359. The molecule has 0 aromatic heterocycles. The van der Waals surface area contributed by atoms with E-state index >= 15 is 0 Å². The van der Waals surface area contributed by atoms with E-state index in [9.17, 15) is 4.39 Å². The molecule has 5 heteroatoms. The molecule has 0 saturated carbocycles. The zero-order chi connectivity index (χ0) is 13.1. The van der Waals surface area contributed by atoms with Gasteiger partial charge in [-0.2, -0.15) is 0 Å². The fourth-order valence-corrected chi connectivity index (χ4v) is 2.18. The molecule has 0 saturated heterocycles. The van der Waals surface area contributed by atoms with Gasteiger partial charge in [0.2, 0.25) is 0 Å². The smallest absolute Gasteiger partial charge is 0.132 e. The molecule has 0 aliphatic carbocycles. The summed E-state index contributed by atoms with van der Waals surface area (Å²) >= 11 is 17.5. The number of halogens is 4. The van der Waals surface area contributed by atoms with Crippen LogP contribution in [0.15, 0.2) is 36.4 Å². The Balaban J connectivity index is 2.33. The molecule has 2 rings (SSSR count). The number of benzene rings is 2. The molecule has 0 atom stereocenters. The Labute approximate surface area is 119 Å². The molecule has 0 heterocycles. The number of alkyl halides is 1. The number of hydrogen-bond acceptors (Lipinski definition) is 1. The maximum Gasteiger partial charge on any atom is 0.132 e. The molecular formula is C13H8Cl3FO. The molecule has 0 unspecified atom stereocenters. The van der Waals surface area contributed by atoms with Crippen LogP contribution in [0.3, 0.4) is 0 Å². The quantitative estimate of drug-likeness (QED) is 0.664. The second kappa shape index (κ2) is 5.79. The van der Waals surface area contributed by atoms with E-state index in [1.54, 1.807) is 18.2 Å². The van der Waals surface area contributed by atoms with Gasteiger partial charge in [0, 0.05) is 15.6 Å². The minimum Gasteiger partial charge on any atom is -0.457 e. The molecular weight excluding hydrogens is 297 g/mol. The molecule has 1 nitrogen and oxygen atoms in total. The van der Waals surface area contributed by atoms with Crippen molar-refractivity contribution in [2.75, 3.05) is 0 Å². The normalized spacial score (nSPS) is 10.4. The summed E-state index contributed by atoms with van der Waals surface area (Å²) in [6, 6.07) is 8.99. The van der Waals surface area contributed by atoms with Crippen LogP contribution >= 0.6 is 34.8 Å². The standard InChI is InChI=1S/C13H8Cl3FO/c14-7-8-3-11(17)1-2-13(8)18-12-5-9(15)4-10(16)6-12/h1-6H,7H2. The number of rotatable bonds is 3. The van der Waals surface area contributed by atoms with Gasteiger partial charge in [-0.1, -0.05) is 23.2 Å². The zero-order valence-electron chi connectivity index (χ0n) is 9.09. The molecule has 0 N–H and O–H groups in total. The van der Waals surface area contributed by atoms with Gasteiger partial charge in [0.15, 0.2) is 0 Å². The fraction of sp³-hybridized carbons (Fsp3) is 0.0769. The molecule has 0 aliphatic heterocycles. The van der Waals surface area contributed by atoms with Crippen LogP contribution in [0.5, 0.6) is 11.5 Å². The largest absolute Gasteiger partial charge is 0.457 e. The van der Waals surface area contributed by atoms with Crippen LogP contribution in [0.2, 0.25) is 10.0 Å². The lowest BCUT2D eigenvalue weighted by Crippen LogP contribution is -1.91. The summed E-state index contributed by atoms with van der Waals surface area (Å²) < 4.78 is 18.6. The van der Waals surface area contributed by atoms with Gasteiger partial charge >= 0.3 is 0 Å². The second-order valence-electron chi connectivity index (χ2n) is 3.59. The molecule has 0 amide bonds. The van der Waals surface area contributed by atoms with Gasteiger partial charge in [-0.15, -0.1) is 11.6 Å². The van der Waals surface area contributed by atoms with Crippen molar-refractivity contribution in [2.45, 2.75) is 5.88 Å². The van der Waals surface area contributed by atoms with Crippen molar-refractivity contribution in [3.05, 3.63) is 57.8 Å². The number of ether oxygens (including phenoxy) is 1. The highest BCUT2D eigenvalue weighted by atomic mass is 35.5. The molecule has 2 aromatic rings. The summed E-state index contributed by atoms with van der Waals surface area (Å²) in [4.78, 5) is 0. The van der Waals surface area contributed by atoms with Gasteiger partial charge in [0.1, 0.15) is 17.3 Å². The number of hydrogen-bond donors (Lipinski definition) is 0. The van der Waals surface area contributed by atoms with E-state index in [1.807, 2.05) is 0 Å². The third kappa shape index (κ3) is 3.29. The highest BCUT2D eigenvalue weighted by Crippen LogP contribution is 2.31. The van der Waals surface area contributed by atoms with Crippen molar-refractivity contribution in [3.63, 3.8) is 0 Å². The minimum absolute atomic E-state index is 0.154. The molecule has 0 fully saturated rings. The summed E-state index contributed by atoms with van der Waals surface area (Å²) in [6.45, 7) is 0. The van der Waals surface area contributed by atoms with Crippen molar-refractivity contribution in [2.24, 2.45) is 0 Å². The summed E-state index contributed by atoms with van der Waals surface area (Å²) in [5, 5.41) is 0.930. The van der Waals surface area contributed by atoms with E-state index in [2.05, 4.69) is 0 Å². The second-order valence-corrected chi connectivity index (χ2v) is 4.73. The van der Waals surface area contributed by atoms with Gasteiger partial charge in [-0.05, 0) is 36.4 Å². The first-order chi connectivity index (χ1) is 8.58. The van der Waals surface area contributed by atoms with Crippen LogP contribution in [0.25, 0.3) is 0 Å². The van der Waals surface area contributed by atoms with Crippen LogP contribution < -0.4 is 4.74 Å². The van der Waals surface area contributed by atoms with E-state index < -0.39 is 0 Å². The first kappa shape index (κ1) is 13.5. The Kier molecular flexibility index (Phi) is 4.33. The van der Waals surface area contributed by atoms with Gasteiger partial charge in [-0.3, -0.25) is 0 Å². The molecule has 0 aliphatic rings. The van der Waals surface area contributed by atoms with Gasteiger partial charge in [0.25, 0.3) is 0 Å². The van der Waals surface area contributed by atoms with Crippen molar-refractivity contribution in [3.8, 4) is 11.5 Å². The fourth-order valence-electron chi connectivity index (χ4n) is 1.47. The molecule has 0 bridgehead atoms. The predicted molar refractivity (Wildman–Crippen MR) is 72.5 cm³/mol. The monoisotopic (exact) mass is 304 g/mol. The molecule has 94 valence electrons. The SMILES string of the molecule is Fc1ccc(Oc2cc(Cl)cc(Cl)c2)c(CCl)c1. The summed E-state index contributed by atoms with van der Waals surface area (Å²) in [5.74, 6) is 0.749. The molecule has 0 radical (unpaired) electrons. The Morgan fingerprint density at radius 3 is 2.28 bits per heavy atom. The summed E-state index contributed by atoms with van der Waals surface area (Å²) in [7, 11) is 0. The Hall–Kier alpha value is -0.960. The van der Waals surface area contributed by atoms with Crippen LogP contribution in [-0.2, 0) is 5.88 Å². The third-order valence-electron chi connectivity index (χ3n) is 2.23. The van der Waals surface area contributed by atoms with E-state index in [0.717, 1.165) is 0 Å². The Morgan fingerprint density at radius 1 is 1.00 bits per heavy atom. The lowest BCUT2D eigenvalue weighted by Gasteiger charge is -2.10. The average molecular weight is 306 g/mol. The van der Waals surface area contributed by atoms with Crippen LogP contribution in [-0.4, -0.2) is 0 Å². The lowest BCUT2D eigenvalue weighted by molar-refractivity contribution is 0.476. The van der Waals surface area contributed by atoms with E-state index in [4.69, 9.17) is 39.5 Å². The van der Waals surface area contributed by atoms with Crippen LogP contribution in [0, 0.1) is 5.82 Å². The molecule has 18 heavy (non-hydrogen) atoms. The highest BCUT2D eigenvalue weighted by Gasteiger charge is 2.07. The topological polar surface area (TPSA) is 9.23 Å². The lowest BCUT2D eigenvalue weighted by atomic mass is 10.2. The Morgan fingerprint density at radius 2 is 1.67 bits per heavy atom. The first-order valence-electron chi connectivity index (χ1n) is 5.07. The van der Waals surface area contributed by atoms with Gasteiger partial charge < -0.3 is 4.74 Å². The first-order valence-corrected chi connectivity index (χ1v) is 6.36. The molecule has 0 spiro atoms. The predicted octanol–water partition coefficient (Wildman–Crippen LogP) is 5.66. The van der Waals surface area contributed by atoms with E-state index in [0.29, 0.717) is 27.1 Å². The summed E-state index contributed by atoms with van der Waals surface area (Å²) in [6.07, 6.45) is 0. The van der Waals surface area contributed by atoms with Gasteiger partial charge in [0.05, 0.1) is 5.88 Å². The van der Waals surface area contributed by atoms with Crippen LogP contribution in [0.1, 0.15) is 5.56 Å². The van der Waals surface area contributed by atoms with E-state index in [-0.39, 0.29) is 11.7 Å². The maximum absolute atomic E-state index is 13.0. The average Bonchev–Trinajstić information content (AvgIpc) is 2.30. The Bertz CT molecular complexity index is 552. The molecule has 2 aromatic carbocycles. The van der Waals surface area contributed by atoms with Crippen molar-refractivity contribution < 1.29 is 9.13 Å². The van der Waals surface area contributed by atoms with Crippen molar-refractivity contribution in [1.82, 2.24) is 0 Å². The third-order valence-corrected chi connectivity index (χ3v) is 2.95. The van der Waals surface area contributed by atoms with Gasteiger partial charge in [-0.25, -0.2) is 4.39 Å². The highest BCUT2D eigenvalue weighted by molar-refractivity contribution is 6.34. The van der Waals surface area contributed by atoms with Crippen LogP contribution in [0.4, 0.5) is 4.39 Å². The van der Waals surface area contributed by atoms with E-state index in [1.165, 1.54) is 18.2 Å². The van der Waals surface area contributed by atoms with Crippen molar-refractivity contribution in [1.29, 1.82) is 0 Å².